The number of hydrogen-bond donors (Lipinski definition) is 1. The van der Waals surface area contributed by atoms with Gasteiger partial charge < -0.3 is 19.5 Å². The molecule has 1 saturated heterocycles. The van der Waals surface area contributed by atoms with Crippen molar-refractivity contribution in [2.75, 3.05) is 31.9 Å². The van der Waals surface area contributed by atoms with Crippen LogP contribution in [0.3, 0.4) is 0 Å². The summed E-state index contributed by atoms with van der Waals surface area (Å²) in [6.07, 6.45) is 2.53. The minimum atomic E-state index is -0.899. The van der Waals surface area contributed by atoms with Gasteiger partial charge in [0.2, 0.25) is 0 Å². The molecular formula is C25H27FN6O4. The monoisotopic (exact) mass is 494 g/mol. The van der Waals surface area contributed by atoms with Crippen LogP contribution in [0.25, 0.3) is 33.2 Å². The highest BCUT2D eigenvalue weighted by Crippen LogP contribution is 2.36. The molecule has 1 N–H and O–H groups in total. The molecular weight excluding hydrogens is 467 g/mol. The maximum atomic E-state index is 15.3. The Bertz CT molecular complexity index is 1450. The zero-order valence-electron chi connectivity index (χ0n) is 20.5. The van der Waals surface area contributed by atoms with Crippen LogP contribution in [0.15, 0.2) is 36.7 Å². The molecule has 2 aromatic carbocycles. The van der Waals surface area contributed by atoms with Gasteiger partial charge >= 0.3 is 6.09 Å². The average molecular weight is 495 g/mol. The van der Waals surface area contributed by atoms with E-state index in [1.165, 1.54) is 12.0 Å². The molecule has 1 amide bonds. The van der Waals surface area contributed by atoms with E-state index >= 15 is 4.39 Å². The van der Waals surface area contributed by atoms with Gasteiger partial charge in [-0.3, -0.25) is 9.58 Å². The second-order valence-corrected chi connectivity index (χ2v) is 9.09. The molecule has 36 heavy (non-hydrogen) atoms. The van der Waals surface area contributed by atoms with Crippen LogP contribution in [-0.4, -0.2) is 74.9 Å². The molecule has 0 radical (unpaired) electrons. The van der Waals surface area contributed by atoms with Crippen molar-refractivity contribution in [2.24, 2.45) is 7.05 Å². The molecule has 188 valence electrons. The molecule has 2 aromatic heterocycles. The number of aryl methyl sites for hydroxylation is 1. The molecule has 1 aliphatic heterocycles. The van der Waals surface area contributed by atoms with E-state index in [-0.39, 0.29) is 30.1 Å². The van der Waals surface area contributed by atoms with E-state index in [2.05, 4.69) is 15.0 Å². The number of nitrogens with zero attached hydrogens (tertiary/aromatic N) is 6. The van der Waals surface area contributed by atoms with Crippen molar-refractivity contribution in [3.8, 4) is 17.1 Å². The van der Waals surface area contributed by atoms with Crippen molar-refractivity contribution in [1.82, 2.24) is 24.6 Å². The van der Waals surface area contributed by atoms with Crippen LogP contribution < -0.4 is 9.64 Å². The molecule has 0 aliphatic carbocycles. The number of carbonyl (C=O) groups is 1. The molecule has 0 bridgehead atoms. The highest BCUT2D eigenvalue weighted by molar-refractivity contribution is 5.89. The molecule has 11 heteroatoms. The lowest BCUT2D eigenvalue weighted by Gasteiger charge is -2.43. The summed E-state index contributed by atoms with van der Waals surface area (Å²) in [4.78, 5) is 24.4. The van der Waals surface area contributed by atoms with Crippen molar-refractivity contribution in [3.05, 3.63) is 42.5 Å². The molecule has 10 nitrogen and oxygen atoms in total. The number of halogens is 1. The smallest absolute Gasteiger partial charge is 0.407 e. The second kappa shape index (κ2) is 9.23. The van der Waals surface area contributed by atoms with Crippen molar-refractivity contribution >= 4 is 33.6 Å². The highest BCUT2D eigenvalue weighted by atomic mass is 19.1. The van der Waals surface area contributed by atoms with E-state index in [0.717, 1.165) is 11.1 Å². The Kier molecular flexibility index (Phi) is 6.09. The molecule has 0 unspecified atom stereocenters. The van der Waals surface area contributed by atoms with Gasteiger partial charge in [-0.15, -0.1) is 0 Å². The summed E-state index contributed by atoms with van der Waals surface area (Å²) in [5.41, 5.74) is 2.26. The van der Waals surface area contributed by atoms with Gasteiger partial charge in [-0.1, -0.05) is 0 Å². The van der Waals surface area contributed by atoms with Crippen molar-refractivity contribution < 1.29 is 23.8 Å². The highest BCUT2D eigenvalue weighted by Gasteiger charge is 2.33. The SMILES string of the molecule is COCOc1c(-c2ncc3cc(N4C[C@H](C)N(C(=O)O)[C@@H](C)C4)ccc3n2)cc2cn(C)nc2c1F. The first-order valence-electron chi connectivity index (χ1n) is 11.6. The second-order valence-electron chi connectivity index (χ2n) is 9.09. The fourth-order valence-corrected chi connectivity index (χ4v) is 4.91. The third kappa shape index (κ3) is 4.15. The number of rotatable bonds is 5. The predicted molar refractivity (Wildman–Crippen MR) is 133 cm³/mol. The number of carboxylic acid groups (broad SMARTS) is 1. The van der Waals surface area contributed by atoms with Crippen LogP contribution >= 0.6 is 0 Å². The molecule has 3 heterocycles. The van der Waals surface area contributed by atoms with Crippen LogP contribution in [0.5, 0.6) is 5.75 Å². The fourth-order valence-electron chi connectivity index (χ4n) is 4.91. The van der Waals surface area contributed by atoms with Gasteiger partial charge in [0, 0.05) is 56.1 Å². The molecule has 2 atom stereocenters. The normalized spacial score (nSPS) is 18.2. The predicted octanol–water partition coefficient (Wildman–Crippen LogP) is 3.88. The Morgan fingerprint density at radius 3 is 2.64 bits per heavy atom. The van der Waals surface area contributed by atoms with E-state index in [9.17, 15) is 9.90 Å². The standard InChI is InChI=1S/C25H27FN6O4/c1-14-10-31(11-15(2)32(14)25(33)34)18-5-6-20-16(7-18)9-27-24(28-20)19-8-17-12-30(3)29-22(17)21(26)23(19)36-13-35-4/h5-9,12,14-15H,10-11,13H2,1-4H3,(H,33,34)/t14-,15-/m0/s1. The van der Waals surface area contributed by atoms with E-state index in [1.54, 1.807) is 30.2 Å². The van der Waals surface area contributed by atoms with Gasteiger partial charge in [-0.25, -0.2) is 19.2 Å². The summed E-state index contributed by atoms with van der Waals surface area (Å²) in [5, 5.41) is 15.1. The summed E-state index contributed by atoms with van der Waals surface area (Å²) in [6.45, 7) is 4.87. The van der Waals surface area contributed by atoms with E-state index in [0.29, 0.717) is 35.4 Å². The molecule has 1 fully saturated rings. The van der Waals surface area contributed by atoms with Gasteiger partial charge in [0.05, 0.1) is 23.2 Å². The maximum Gasteiger partial charge on any atom is 0.407 e. The number of methoxy groups -OCH3 is 1. The molecule has 0 spiro atoms. The number of anilines is 1. The topological polar surface area (TPSA) is 106 Å². The maximum absolute atomic E-state index is 15.3. The largest absolute Gasteiger partial charge is 0.465 e. The first-order chi connectivity index (χ1) is 17.3. The van der Waals surface area contributed by atoms with Crippen LogP contribution in [0.4, 0.5) is 14.9 Å². The summed E-state index contributed by atoms with van der Waals surface area (Å²) in [7, 11) is 3.19. The number of hydrogen-bond acceptors (Lipinski definition) is 7. The third-order valence-electron chi connectivity index (χ3n) is 6.44. The fraction of sp³-hybridized carbons (Fsp3) is 0.360. The average Bonchev–Trinajstić information content (AvgIpc) is 3.22. The zero-order valence-corrected chi connectivity index (χ0v) is 20.5. The van der Waals surface area contributed by atoms with Crippen molar-refractivity contribution in [1.29, 1.82) is 0 Å². The quantitative estimate of drug-likeness (QED) is 0.417. The lowest BCUT2D eigenvalue weighted by Crippen LogP contribution is -2.58. The Hall–Kier alpha value is -3.99. The van der Waals surface area contributed by atoms with Crippen molar-refractivity contribution in [2.45, 2.75) is 25.9 Å². The minimum Gasteiger partial charge on any atom is -0.465 e. The van der Waals surface area contributed by atoms with Crippen LogP contribution in [-0.2, 0) is 11.8 Å². The zero-order chi connectivity index (χ0) is 25.6. The van der Waals surface area contributed by atoms with Crippen molar-refractivity contribution in [3.63, 3.8) is 0 Å². The lowest BCUT2D eigenvalue weighted by atomic mass is 10.1. The van der Waals surface area contributed by atoms with Crippen LogP contribution in [0.1, 0.15) is 13.8 Å². The summed E-state index contributed by atoms with van der Waals surface area (Å²) in [5.74, 6) is -0.287. The molecule has 5 rings (SSSR count). The number of piperazine rings is 1. The van der Waals surface area contributed by atoms with E-state index in [1.807, 2.05) is 32.0 Å². The summed E-state index contributed by atoms with van der Waals surface area (Å²) >= 11 is 0. The van der Waals surface area contributed by atoms with Crippen LogP contribution in [0.2, 0.25) is 0 Å². The number of fused-ring (bicyclic) bond motifs is 2. The Labute approximate surface area is 206 Å². The Morgan fingerprint density at radius 1 is 1.19 bits per heavy atom. The van der Waals surface area contributed by atoms with Gasteiger partial charge in [0.15, 0.2) is 24.2 Å². The van der Waals surface area contributed by atoms with E-state index in [4.69, 9.17) is 14.5 Å². The van der Waals surface area contributed by atoms with Gasteiger partial charge in [0.1, 0.15) is 5.52 Å². The summed E-state index contributed by atoms with van der Waals surface area (Å²) in [6, 6.07) is 7.33. The summed E-state index contributed by atoms with van der Waals surface area (Å²) < 4.78 is 27.4. The van der Waals surface area contributed by atoms with Gasteiger partial charge in [-0.05, 0) is 38.1 Å². The van der Waals surface area contributed by atoms with Gasteiger partial charge in [0.25, 0.3) is 0 Å². The molecule has 1 aliphatic rings. The number of amides is 1. The number of benzene rings is 2. The number of aromatic nitrogens is 4. The first kappa shape index (κ1) is 23.7. The Balaban J connectivity index is 1.51. The minimum absolute atomic E-state index is 0.0155. The van der Waals surface area contributed by atoms with Crippen LogP contribution in [0, 0.1) is 5.82 Å². The van der Waals surface area contributed by atoms with E-state index < -0.39 is 11.9 Å². The third-order valence-corrected chi connectivity index (χ3v) is 6.44. The molecule has 0 saturated carbocycles. The molecule has 4 aromatic rings. The Morgan fingerprint density at radius 2 is 1.94 bits per heavy atom. The first-order valence-corrected chi connectivity index (χ1v) is 11.6. The lowest BCUT2D eigenvalue weighted by molar-refractivity contribution is 0.0489. The number of ether oxygens (including phenoxy) is 2. The van der Waals surface area contributed by atoms with Gasteiger partial charge in [-0.2, -0.15) is 5.10 Å².